The second kappa shape index (κ2) is 3.34. The summed E-state index contributed by atoms with van der Waals surface area (Å²) in [5.41, 5.74) is 1.00. The van der Waals surface area contributed by atoms with Crippen LogP contribution in [0.2, 0.25) is 0 Å². The van der Waals surface area contributed by atoms with E-state index in [1.54, 1.807) is 12.1 Å². The lowest BCUT2D eigenvalue weighted by Gasteiger charge is -2.13. The smallest absolute Gasteiger partial charge is 0.162 e. The molecule has 1 rings (SSSR count). The fourth-order valence-corrected chi connectivity index (χ4v) is 0.944. The molecule has 0 fully saturated rings. The highest BCUT2D eigenvalue weighted by Gasteiger charge is 2.02. The van der Waals surface area contributed by atoms with E-state index in [2.05, 4.69) is 0 Å². The van der Waals surface area contributed by atoms with Crippen molar-refractivity contribution >= 4 is 5.69 Å². The third kappa shape index (κ3) is 1.61. The van der Waals surface area contributed by atoms with Crippen LogP contribution in [0.25, 0.3) is 0 Å². The molecule has 0 aliphatic heterocycles. The van der Waals surface area contributed by atoms with E-state index < -0.39 is 0 Å². The van der Waals surface area contributed by atoms with Crippen molar-refractivity contribution in [1.29, 1.82) is 0 Å². The molecule has 0 radical (unpaired) electrons. The first-order chi connectivity index (χ1) is 5.65. The first kappa shape index (κ1) is 8.71. The highest BCUT2D eigenvalue weighted by molar-refractivity contribution is 5.54. The third-order valence-electron chi connectivity index (χ3n) is 1.68. The minimum Gasteiger partial charge on any atom is -0.504 e. The summed E-state index contributed by atoms with van der Waals surface area (Å²) < 4.78 is 4.96. The minimum absolute atomic E-state index is 0.170. The van der Waals surface area contributed by atoms with E-state index >= 15 is 0 Å². The van der Waals surface area contributed by atoms with Crippen LogP contribution < -0.4 is 9.64 Å². The van der Waals surface area contributed by atoms with Gasteiger partial charge in [0.15, 0.2) is 11.5 Å². The average molecular weight is 167 g/mol. The average Bonchev–Trinajstić information content (AvgIpc) is 2.05. The van der Waals surface area contributed by atoms with Crippen molar-refractivity contribution in [2.24, 2.45) is 0 Å². The van der Waals surface area contributed by atoms with Crippen LogP contribution in [-0.4, -0.2) is 26.3 Å². The highest BCUT2D eigenvalue weighted by Crippen LogP contribution is 2.29. The van der Waals surface area contributed by atoms with E-state index in [0.717, 1.165) is 5.69 Å². The molecule has 0 heterocycles. The number of methoxy groups -OCH3 is 1. The zero-order valence-electron chi connectivity index (χ0n) is 7.53. The molecule has 0 unspecified atom stereocenters. The number of phenolic OH excluding ortho intramolecular Hbond substituents is 1. The van der Waals surface area contributed by atoms with Crippen LogP contribution in [0.3, 0.4) is 0 Å². The van der Waals surface area contributed by atoms with Crippen LogP contribution in [0.1, 0.15) is 0 Å². The zero-order chi connectivity index (χ0) is 9.14. The number of rotatable bonds is 2. The van der Waals surface area contributed by atoms with Crippen LogP contribution in [0.4, 0.5) is 5.69 Å². The summed E-state index contributed by atoms with van der Waals surface area (Å²) >= 11 is 0. The maximum atomic E-state index is 9.27. The Morgan fingerprint density at radius 1 is 1.33 bits per heavy atom. The van der Waals surface area contributed by atoms with Gasteiger partial charge >= 0.3 is 0 Å². The van der Waals surface area contributed by atoms with Crippen molar-refractivity contribution in [3.05, 3.63) is 18.2 Å². The summed E-state index contributed by atoms with van der Waals surface area (Å²) in [6.07, 6.45) is 0. The molecule has 0 aliphatic carbocycles. The first-order valence-corrected chi connectivity index (χ1v) is 3.69. The topological polar surface area (TPSA) is 32.7 Å². The Balaban J connectivity index is 3.05. The van der Waals surface area contributed by atoms with Gasteiger partial charge in [0.05, 0.1) is 7.11 Å². The van der Waals surface area contributed by atoms with Crippen molar-refractivity contribution < 1.29 is 9.84 Å². The van der Waals surface area contributed by atoms with E-state index in [1.807, 2.05) is 25.1 Å². The van der Waals surface area contributed by atoms with Gasteiger partial charge in [-0.05, 0) is 12.1 Å². The number of ether oxygens (including phenoxy) is 1. The normalized spacial score (nSPS) is 9.58. The summed E-state index contributed by atoms with van der Waals surface area (Å²) in [5.74, 6) is 0.671. The standard InChI is InChI=1S/C9H13NO2/c1-10(2)7-4-5-8(11)9(6-7)12-3/h4-6,11H,1-3H3. The van der Waals surface area contributed by atoms with Crippen molar-refractivity contribution in [3.63, 3.8) is 0 Å². The lowest BCUT2D eigenvalue weighted by Crippen LogP contribution is -2.08. The predicted octanol–water partition coefficient (Wildman–Crippen LogP) is 1.47. The van der Waals surface area contributed by atoms with Gasteiger partial charge in [-0.25, -0.2) is 0 Å². The van der Waals surface area contributed by atoms with E-state index in [4.69, 9.17) is 4.74 Å². The monoisotopic (exact) mass is 167 g/mol. The number of anilines is 1. The van der Waals surface area contributed by atoms with Crippen molar-refractivity contribution in [1.82, 2.24) is 0 Å². The number of hydrogen-bond donors (Lipinski definition) is 1. The fraction of sp³-hybridized carbons (Fsp3) is 0.333. The van der Waals surface area contributed by atoms with Gasteiger partial charge in [0.1, 0.15) is 0 Å². The van der Waals surface area contributed by atoms with Gasteiger partial charge in [-0.2, -0.15) is 0 Å². The number of phenols is 1. The maximum absolute atomic E-state index is 9.27. The predicted molar refractivity (Wildman–Crippen MR) is 49.0 cm³/mol. The molecule has 0 saturated heterocycles. The van der Waals surface area contributed by atoms with Gasteiger partial charge in [0, 0.05) is 25.8 Å². The van der Waals surface area contributed by atoms with E-state index in [-0.39, 0.29) is 5.75 Å². The number of benzene rings is 1. The SMILES string of the molecule is COc1cc(N(C)C)ccc1O. The highest BCUT2D eigenvalue weighted by atomic mass is 16.5. The molecule has 1 N–H and O–H groups in total. The molecule has 0 atom stereocenters. The van der Waals surface area contributed by atoms with Crippen LogP contribution in [0.15, 0.2) is 18.2 Å². The van der Waals surface area contributed by atoms with E-state index in [0.29, 0.717) is 5.75 Å². The van der Waals surface area contributed by atoms with Crippen LogP contribution in [0, 0.1) is 0 Å². The Kier molecular flexibility index (Phi) is 2.43. The van der Waals surface area contributed by atoms with E-state index in [1.165, 1.54) is 7.11 Å². The molecule has 3 heteroatoms. The summed E-state index contributed by atoms with van der Waals surface area (Å²) in [6, 6.07) is 5.24. The molecule has 0 spiro atoms. The van der Waals surface area contributed by atoms with Crippen LogP contribution >= 0.6 is 0 Å². The molecule has 0 aromatic heterocycles. The maximum Gasteiger partial charge on any atom is 0.162 e. The van der Waals surface area contributed by atoms with Crippen LogP contribution in [-0.2, 0) is 0 Å². The molecule has 3 nitrogen and oxygen atoms in total. The third-order valence-corrected chi connectivity index (χ3v) is 1.68. The second-order valence-electron chi connectivity index (χ2n) is 2.75. The Hall–Kier alpha value is -1.38. The van der Waals surface area contributed by atoms with Crippen LogP contribution in [0.5, 0.6) is 11.5 Å². The van der Waals surface area contributed by atoms with Crippen molar-refractivity contribution in [2.75, 3.05) is 26.1 Å². The molecule has 0 amide bonds. The minimum atomic E-state index is 0.170. The number of nitrogens with zero attached hydrogens (tertiary/aromatic N) is 1. The second-order valence-corrected chi connectivity index (χ2v) is 2.75. The molecule has 1 aromatic carbocycles. The molecule has 0 saturated carbocycles. The molecule has 1 aromatic rings. The Labute approximate surface area is 72.2 Å². The number of aromatic hydroxyl groups is 1. The Morgan fingerprint density at radius 3 is 2.50 bits per heavy atom. The zero-order valence-corrected chi connectivity index (χ0v) is 7.53. The summed E-state index contributed by atoms with van der Waals surface area (Å²) in [6.45, 7) is 0. The van der Waals surface area contributed by atoms with Gasteiger partial charge in [-0.15, -0.1) is 0 Å². The van der Waals surface area contributed by atoms with Gasteiger partial charge in [-0.3, -0.25) is 0 Å². The van der Waals surface area contributed by atoms with E-state index in [9.17, 15) is 5.11 Å². The van der Waals surface area contributed by atoms with Gasteiger partial charge < -0.3 is 14.7 Å². The summed E-state index contributed by atoms with van der Waals surface area (Å²) in [5, 5.41) is 9.27. The molecule has 12 heavy (non-hydrogen) atoms. The molecular formula is C9H13NO2. The van der Waals surface area contributed by atoms with Gasteiger partial charge in [0.25, 0.3) is 0 Å². The largest absolute Gasteiger partial charge is 0.504 e. The molecule has 0 bridgehead atoms. The van der Waals surface area contributed by atoms with Crippen molar-refractivity contribution in [2.45, 2.75) is 0 Å². The Morgan fingerprint density at radius 2 is 2.00 bits per heavy atom. The lowest BCUT2D eigenvalue weighted by molar-refractivity contribution is 0.373. The van der Waals surface area contributed by atoms with Gasteiger partial charge in [0.2, 0.25) is 0 Å². The van der Waals surface area contributed by atoms with Crippen molar-refractivity contribution in [3.8, 4) is 11.5 Å². The molecular weight excluding hydrogens is 154 g/mol. The first-order valence-electron chi connectivity index (χ1n) is 3.69. The molecule has 0 aliphatic rings. The summed E-state index contributed by atoms with van der Waals surface area (Å²) in [7, 11) is 5.41. The lowest BCUT2D eigenvalue weighted by atomic mass is 10.2. The summed E-state index contributed by atoms with van der Waals surface area (Å²) in [4.78, 5) is 1.95. The molecule has 66 valence electrons. The number of hydrogen-bond acceptors (Lipinski definition) is 3. The Bertz CT molecular complexity index is 271. The fourth-order valence-electron chi connectivity index (χ4n) is 0.944. The van der Waals surface area contributed by atoms with Gasteiger partial charge in [-0.1, -0.05) is 0 Å². The quantitative estimate of drug-likeness (QED) is 0.724.